The van der Waals surface area contributed by atoms with Gasteiger partial charge in [0, 0.05) is 38.7 Å². The minimum absolute atomic E-state index is 0.0162. The number of rotatable bonds is 5. The van der Waals surface area contributed by atoms with Gasteiger partial charge in [-0.25, -0.2) is 0 Å². The molecule has 0 spiro atoms. The molecule has 2 aliphatic heterocycles. The van der Waals surface area contributed by atoms with Crippen molar-refractivity contribution in [3.05, 3.63) is 17.5 Å². The normalized spacial score (nSPS) is 26.1. The van der Waals surface area contributed by atoms with Crippen LogP contribution in [-0.4, -0.2) is 45.9 Å². The van der Waals surface area contributed by atoms with Crippen molar-refractivity contribution in [2.75, 3.05) is 19.7 Å². The van der Waals surface area contributed by atoms with E-state index < -0.39 is 0 Å². The predicted octanol–water partition coefficient (Wildman–Crippen LogP) is 2.71. The highest BCUT2D eigenvalue weighted by Gasteiger charge is 2.30. The van der Waals surface area contributed by atoms with Crippen molar-refractivity contribution < 1.29 is 9.53 Å². The van der Waals surface area contributed by atoms with Gasteiger partial charge in [0.2, 0.25) is 5.91 Å². The highest BCUT2D eigenvalue weighted by molar-refractivity contribution is 5.79. The third kappa shape index (κ3) is 4.72. The highest BCUT2D eigenvalue weighted by Crippen LogP contribution is 2.30. The Labute approximate surface area is 162 Å². The van der Waals surface area contributed by atoms with Gasteiger partial charge in [0.05, 0.1) is 23.5 Å². The number of aryl methyl sites for hydroxylation is 1. The largest absolute Gasteiger partial charge is 0.376 e. The lowest BCUT2D eigenvalue weighted by molar-refractivity contribution is -0.127. The Bertz CT molecular complexity index is 665. The fourth-order valence-electron chi connectivity index (χ4n) is 4.70. The molecule has 150 valence electrons. The molecule has 6 nitrogen and oxygen atoms in total. The van der Waals surface area contributed by atoms with Crippen LogP contribution in [0.3, 0.4) is 0 Å². The van der Waals surface area contributed by atoms with E-state index in [0.29, 0.717) is 12.5 Å². The van der Waals surface area contributed by atoms with Crippen molar-refractivity contribution in [2.45, 2.75) is 77.6 Å². The van der Waals surface area contributed by atoms with E-state index >= 15 is 0 Å². The molecule has 2 fully saturated rings. The molecule has 1 atom stereocenters. The number of carbonyl (C=O) groups excluding carboxylic acids is 1. The third-order valence-corrected chi connectivity index (χ3v) is 6.38. The Morgan fingerprint density at radius 2 is 2.15 bits per heavy atom. The maximum Gasteiger partial charge on any atom is 0.223 e. The fraction of sp³-hybridized carbons (Fsp3) is 0.810. The molecule has 1 saturated carbocycles. The van der Waals surface area contributed by atoms with Gasteiger partial charge in [0.15, 0.2) is 0 Å². The minimum atomic E-state index is 0.0162. The van der Waals surface area contributed by atoms with Crippen molar-refractivity contribution >= 4 is 5.91 Å². The molecule has 0 aromatic carbocycles. The zero-order valence-electron chi connectivity index (χ0n) is 16.9. The predicted molar refractivity (Wildman–Crippen MR) is 104 cm³/mol. The molecule has 1 N–H and O–H groups in total. The molecule has 0 radical (unpaired) electrons. The van der Waals surface area contributed by atoms with Crippen LogP contribution in [-0.2, 0) is 29.2 Å². The number of carbonyl (C=O) groups is 1. The van der Waals surface area contributed by atoms with Gasteiger partial charge in [0.1, 0.15) is 0 Å². The van der Waals surface area contributed by atoms with Gasteiger partial charge in [-0.15, -0.1) is 0 Å². The van der Waals surface area contributed by atoms with E-state index in [-0.39, 0.29) is 17.4 Å². The topological polar surface area (TPSA) is 59.4 Å². The SMILES string of the molecule is CC1(C)C[C@@H](CN2CCCn3nc(CNC(=O)C4CCC4)cc3C2)CCO1. The zero-order valence-corrected chi connectivity index (χ0v) is 16.9. The molecule has 0 bridgehead atoms. The van der Waals surface area contributed by atoms with Gasteiger partial charge < -0.3 is 10.1 Å². The molecule has 1 aromatic rings. The molecule has 3 aliphatic rings. The maximum absolute atomic E-state index is 12.1. The van der Waals surface area contributed by atoms with Crippen LogP contribution in [0.2, 0.25) is 0 Å². The first kappa shape index (κ1) is 18.9. The molecule has 1 saturated heterocycles. The summed E-state index contributed by atoms with van der Waals surface area (Å²) in [6.07, 6.45) is 6.72. The molecular weight excluding hydrogens is 340 g/mol. The molecule has 6 heteroatoms. The van der Waals surface area contributed by atoms with Gasteiger partial charge in [-0.05, 0) is 57.9 Å². The number of hydrogen-bond donors (Lipinski definition) is 1. The lowest BCUT2D eigenvalue weighted by Crippen LogP contribution is -2.39. The van der Waals surface area contributed by atoms with Crippen LogP contribution < -0.4 is 5.32 Å². The summed E-state index contributed by atoms with van der Waals surface area (Å²) in [4.78, 5) is 14.6. The van der Waals surface area contributed by atoms with Gasteiger partial charge in [0.25, 0.3) is 0 Å². The summed E-state index contributed by atoms with van der Waals surface area (Å²) in [5.74, 6) is 1.15. The minimum Gasteiger partial charge on any atom is -0.376 e. The second kappa shape index (κ2) is 7.92. The summed E-state index contributed by atoms with van der Waals surface area (Å²) in [5.41, 5.74) is 2.29. The van der Waals surface area contributed by atoms with Crippen LogP contribution >= 0.6 is 0 Å². The van der Waals surface area contributed by atoms with Crippen LogP contribution in [0.15, 0.2) is 6.07 Å². The van der Waals surface area contributed by atoms with E-state index in [2.05, 4.69) is 34.8 Å². The summed E-state index contributed by atoms with van der Waals surface area (Å²) >= 11 is 0. The standard InChI is InChI=1S/C21H34N4O2/c1-21(2)12-16(7-10-27-21)14-24-8-4-9-25-19(15-24)11-18(23-25)13-22-20(26)17-5-3-6-17/h11,16-17H,3-10,12-15H2,1-2H3,(H,22,26)/t16-/m0/s1. The number of nitrogens with one attached hydrogen (secondary N) is 1. The van der Waals surface area contributed by atoms with E-state index in [4.69, 9.17) is 9.84 Å². The molecule has 1 amide bonds. The van der Waals surface area contributed by atoms with E-state index in [1.807, 2.05) is 0 Å². The third-order valence-electron chi connectivity index (χ3n) is 6.38. The average Bonchev–Trinajstić information content (AvgIpc) is 2.83. The molecule has 27 heavy (non-hydrogen) atoms. The Morgan fingerprint density at radius 1 is 1.30 bits per heavy atom. The van der Waals surface area contributed by atoms with Crippen LogP contribution in [0.4, 0.5) is 0 Å². The summed E-state index contributed by atoms with van der Waals surface area (Å²) in [6.45, 7) is 10.1. The lowest BCUT2D eigenvalue weighted by atomic mass is 9.85. The van der Waals surface area contributed by atoms with Crippen molar-refractivity contribution in [2.24, 2.45) is 11.8 Å². The Hall–Kier alpha value is -1.40. The fourth-order valence-corrected chi connectivity index (χ4v) is 4.70. The van der Waals surface area contributed by atoms with Crippen LogP contribution in [0, 0.1) is 11.8 Å². The van der Waals surface area contributed by atoms with Crippen LogP contribution in [0.5, 0.6) is 0 Å². The second-order valence-electron chi connectivity index (χ2n) is 9.25. The van der Waals surface area contributed by atoms with Crippen LogP contribution in [0.1, 0.15) is 63.8 Å². The first-order chi connectivity index (χ1) is 13.0. The molecule has 1 aliphatic carbocycles. The zero-order chi connectivity index (χ0) is 18.9. The average molecular weight is 375 g/mol. The molecular formula is C21H34N4O2. The molecule has 0 unspecified atom stereocenters. The number of hydrogen-bond acceptors (Lipinski definition) is 4. The summed E-state index contributed by atoms with van der Waals surface area (Å²) in [5, 5.41) is 7.81. The maximum atomic E-state index is 12.1. The van der Waals surface area contributed by atoms with Gasteiger partial charge in [-0.3, -0.25) is 14.4 Å². The van der Waals surface area contributed by atoms with Crippen molar-refractivity contribution in [1.29, 1.82) is 0 Å². The molecule has 1 aromatic heterocycles. The van der Waals surface area contributed by atoms with Crippen molar-refractivity contribution in [3.8, 4) is 0 Å². The number of aromatic nitrogens is 2. The van der Waals surface area contributed by atoms with E-state index in [1.165, 1.54) is 12.1 Å². The Kier molecular flexibility index (Phi) is 5.55. The molecule has 3 heterocycles. The van der Waals surface area contributed by atoms with E-state index in [0.717, 1.165) is 70.6 Å². The van der Waals surface area contributed by atoms with Gasteiger partial charge >= 0.3 is 0 Å². The second-order valence-corrected chi connectivity index (χ2v) is 9.25. The van der Waals surface area contributed by atoms with Crippen molar-refractivity contribution in [3.63, 3.8) is 0 Å². The quantitative estimate of drug-likeness (QED) is 0.861. The van der Waals surface area contributed by atoms with E-state index in [1.54, 1.807) is 0 Å². The Balaban J connectivity index is 1.33. The van der Waals surface area contributed by atoms with Crippen LogP contribution in [0.25, 0.3) is 0 Å². The number of ether oxygens (including phenoxy) is 1. The van der Waals surface area contributed by atoms with Crippen molar-refractivity contribution in [1.82, 2.24) is 20.0 Å². The van der Waals surface area contributed by atoms with Gasteiger partial charge in [-0.2, -0.15) is 5.10 Å². The van der Waals surface area contributed by atoms with Gasteiger partial charge in [-0.1, -0.05) is 6.42 Å². The Morgan fingerprint density at radius 3 is 2.89 bits per heavy atom. The molecule has 4 rings (SSSR count). The highest BCUT2D eigenvalue weighted by atomic mass is 16.5. The van der Waals surface area contributed by atoms with E-state index in [9.17, 15) is 4.79 Å². The first-order valence-electron chi connectivity index (χ1n) is 10.7. The lowest BCUT2D eigenvalue weighted by Gasteiger charge is -2.37. The number of nitrogens with zero attached hydrogens (tertiary/aromatic N) is 3. The first-order valence-corrected chi connectivity index (χ1v) is 10.7. The summed E-state index contributed by atoms with van der Waals surface area (Å²) < 4.78 is 8.03. The monoisotopic (exact) mass is 374 g/mol. The summed E-state index contributed by atoms with van der Waals surface area (Å²) in [6, 6.07) is 2.19. The number of fused-ring (bicyclic) bond motifs is 1. The number of amides is 1. The smallest absolute Gasteiger partial charge is 0.223 e. The summed E-state index contributed by atoms with van der Waals surface area (Å²) in [7, 11) is 0.